The summed E-state index contributed by atoms with van der Waals surface area (Å²) in [5, 5.41) is 3.46. The lowest BCUT2D eigenvalue weighted by Gasteiger charge is -2.06. The summed E-state index contributed by atoms with van der Waals surface area (Å²) < 4.78 is 1.29. The lowest BCUT2D eigenvalue weighted by molar-refractivity contribution is 0.645. The van der Waals surface area contributed by atoms with Gasteiger partial charge in [-0.2, -0.15) is 0 Å². The first-order chi connectivity index (χ1) is 7.33. The van der Waals surface area contributed by atoms with E-state index < -0.39 is 0 Å². The summed E-state index contributed by atoms with van der Waals surface area (Å²) in [5.74, 6) is 0. The van der Waals surface area contributed by atoms with Crippen LogP contribution in [0.15, 0.2) is 24.3 Å². The normalized spacial score (nSPS) is 10.3. The van der Waals surface area contributed by atoms with Gasteiger partial charge in [0.1, 0.15) is 0 Å². The Bertz CT molecular complexity index is 273. The maximum absolute atomic E-state index is 3.46. The third-order valence-corrected chi connectivity index (χ3v) is 3.11. The maximum Gasteiger partial charge on any atom is 0.0350 e. The number of rotatable bonds is 7. The van der Waals surface area contributed by atoms with Gasteiger partial charge >= 0.3 is 0 Å². The average molecular weight is 317 g/mol. The summed E-state index contributed by atoms with van der Waals surface area (Å²) in [6.07, 6.45) is 6.72. The van der Waals surface area contributed by atoms with Gasteiger partial charge in [0, 0.05) is 15.8 Å². The molecule has 0 bridgehead atoms. The summed E-state index contributed by atoms with van der Waals surface area (Å²) >= 11 is 2.34. The Morgan fingerprint density at radius 3 is 2.67 bits per heavy atom. The average Bonchev–Trinajstić information content (AvgIpc) is 2.23. The Hall–Kier alpha value is -0.250. The van der Waals surface area contributed by atoms with Crippen LogP contribution in [0.25, 0.3) is 0 Å². The molecule has 0 saturated heterocycles. The second-order valence-electron chi connectivity index (χ2n) is 3.85. The molecular weight excluding hydrogens is 297 g/mol. The summed E-state index contributed by atoms with van der Waals surface area (Å²) in [5.41, 5.74) is 1.25. The van der Waals surface area contributed by atoms with Crippen LogP contribution in [0, 0.1) is 3.57 Å². The van der Waals surface area contributed by atoms with Gasteiger partial charge in [0.25, 0.3) is 0 Å². The molecule has 0 amide bonds. The lowest BCUT2D eigenvalue weighted by atomic mass is 10.1. The monoisotopic (exact) mass is 317 g/mol. The summed E-state index contributed by atoms with van der Waals surface area (Å²) in [7, 11) is 0. The van der Waals surface area contributed by atoms with E-state index in [9.17, 15) is 0 Å². The van der Waals surface area contributed by atoms with E-state index in [0.29, 0.717) is 0 Å². The highest BCUT2D eigenvalue weighted by Crippen LogP contribution is 2.12. The van der Waals surface area contributed by atoms with Crippen LogP contribution in [-0.4, -0.2) is 6.54 Å². The minimum absolute atomic E-state index is 1.10. The van der Waals surface area contributed by atoms with E-state index in [1.807, 2.05) is 0 Å². The number of nitrogens with one attached hydrogen (secondary N) is 1. The van der Waals surface area contributed by atoms with E-state index in [0.717, 1.165) is 6.54 Å². The number of halogens is 1. The molecule has 0 spiro atoms. The van der Waals surface area contributed by atoms with Crippen LogP contribution in [0.1, 0.15) is 39.0 Å². The molecule has 0 aromatic heterocycles. The number of hydrogen-bond donors (Lipinski definition) is 1. The first-order valence-corrected chi connectivity index (χ1v) is 6.90. The SMILES string of the molecule is CCCCCCCNc1cccc(I)c1. The second-order valence-corrected chi connectivity index (χ2v) is 5.10. The molecule has 1 N–H and O–H groups in total. The van der Waals surface area contributed by atoms with Crippen molar-refractivity contribution >= 4 is 28.3 Å². The van der Waals surface area contributed by atoms with Crippen LogP contribution < -0.4 is 5.32 Å². The van der Waals surface area contributed by atoms with Crippen LogP contribution in [-0.2, 0) is 0 Å². The molecule has 0 atom stereocenters. The fourth-order valence-corrected chi connectivity index (χ4v) is 2.10. The molecule has 0 fully saturated rings. The molecule has 0 radical (unpaired) electrons. The molecule has 0 aliphatic rings. The Kier molecular flexibility index (Phi) is 6.81. The van der Waals surface area contributed by atoms with Gasteiger partial charge in [-0.1, -0.05) is 38.7 Å². The van der Waals surface area contributed by atoms with Crippen LogP contribution in [0.4, 0.5) is 5.69 Å². The molecule has 0 aliphatic heterocycles. The predicted molar refractivity (Wildman–Crippen MR) is 76.4 cm³/mol. The van der Waals surface area contributed by atoms with Gasteiger partial charge in [0.05, 0.1) is 0 Å². The number of anilines is 1. The molecule has 1 aromatic carbocycles. The highest BCUT2D eigenvalue weighted by atomic mass is 127. The molecule has 0 unspecified atom stereocenters. The Balaban J connectivity index is 2.10. The molecule has 0 heterocycles. The largest absolute Gasteiger partial charge is 0.385 e. The van der Waals surface area contributed by atoms with Crippen molar-refractivity contribution in [2.45, 2.75) is 39.0 Å². The fourth-order valence-electron chi connectivity index (χ4n) is 1.56. The van der Waals surface area contributed by atoms with Crippen molar-refractivity contribution in [2.24, 2.45) is 0 Å². The van der Waals surface area contributed by atoms with E-state index in [1.165, 1.54) is 41.4 Å². The second kappa shape index (κ2) is 7.97. The third-order valence-electron chi connectivity index (χ3n) is 2.43. The van der Waals surface area contributed by atoms with Crippen molar-refractivity contribution in [3.63, 3.8) is 0 Å². The van der Waals surface area contributed by atoms with Gasteiger partial charge in [-0.25, -0.2) is 0 Å². The summed E-state index contributed by atoms with van der Waals surface area (Å²) in [4.78, 5) is 0. The van der Waals surface area contributed by atoms with Crippen molar-refractivity contribution in [3.05, 3.63) is 27.8 Å². The van der Waals surface area contributed by atoms with Gasteiger partial charge in [-0.05, 0) is 47.2 Å². The van der Waals surface area contributed by atoms with Crippen molar-refractivity contribution in [3.8, 4) is 0 Å². The van der Waals surface area contributed by atoms with Gasteiger partial charge in [0.15, 0.2) is 0 Å². The molecule has 2 heteroatoms. The Morgan fingerprint density at radius 2 is 1.93 bits per heavy atom. The van der Waals surface area contributed by atoms with Crippen molar-refractivity contribution < 1.29 is 0 Å². The first-order valence-electron chi connectivity index (χ1n) is 5.82. The zero-order valence-electron chi connectivity index (χ0n) is 9.43. The standard InChI is InChI=1S/C13H20IN/c1-2-3-4-5-6-10-15-13-9-7-8-12(14)11-13/h7-9,11,15H,2-6,10H2,1H3. The van der Waals surface area contributed by atoms with E-state index in [-0.39, 0.29) is 0 Å². The first kappa shape index (κ1) is 12.8. The summed E-state index contributed by atoms with van der Waals surface area (Å²) in [6.45, 7) is 3.36. The van der Waals surface area contributed by atoms with Gasteiger partial charge in [0.2, 0.25) is 0 Å². The Morgan fingerprint density at radius 1 is 1.13 bits per heavy atom. The van der Waals surface area contributed by atoms with Crippen LogP contribution in [0.3, 0.4) is 0 Å². The van der Waals surface area contributed by atoms with Gasteiger partial charge in [-0.15, -0.1) is 0 Å². The zero-order valence-corrected chi connectivity index (χ0v) is 11.6. The molecular formula is C13H20IN. The minimum Gasteiger partial charge on any atom is -0.385 e. The molecule has 1 nitrogen and oxygen atoms in total. The zero-order chi connectivity index (χ0) is 10.9. The molecule has 1 rings (SSSR count). The van der Waals surface area contributed by atoms with E-state index in [4.69, 9.17) is 0 Å². The minimum atomic E-state index is 1.10. The van der Waals surface area contributed by atoms with Crippen molar-refractivity contribution in [2.75, 3.05) is 11.9 Å². The summed E-state index contributed by atoms with van der Waals surface area (Å²) in [6, 6.07) is 8.54. The van der Waals surface area contributed by atoms with E-state index >= 15 is 0 Å². The Labute approximate surface area is 107 Å². The molecule has 15 heavy (non-hydrogen) atoms. The highest BCUT2D eigenvalue weighted by Gasteiger charge is 1.92. The molecule has 1 aromatic rings. The smallest absolute Gasteiger partial charge is 0.0350 e. The molecule has 0 aliphatic carbocycles. The predicted octanol–water partition coefficient (Wildman–Crippen LogP) is 4.67. The van der Waals surface area contributed by atoms with E-state index in [2.05, 4.69) is 59.1 Å². The maximum atomic E-state index is 3.46. The topological polar surface area (TPSA) is 12.0 Å². The fraction of sp³-hybridized carbons (Fsp3) is 0.538. The van der Waals surface area contributed by atoms with Crippen LogP contribution in [0.5, 0.6) is 0 Å². The van der Waals surface area contributed by atoms with Crippen LogP contribution in [0.2, 0.25) is 0 Å². The number of hydrogen-bond acceptors (Lipinski definition) is 1. The van der Waals surface area contributed by atoms with Gasteiger partial charge in [-0.3, -0.25) is 0 Å². The van der Waals surface area contributed by atoms with Gasteiger partial charge < -0.3 is 5.32 Å². The molecule has 84 valence electrons. The number of benzene rings is 1. The highest BCUT2D eigenvalue weighted by molar-refractivity contribution is 14.1. The van der Waals surface area contributed by atoms with Crippen molar-refractivity contribution in [1.29, 1.82) is 0 Å². The van der Waals surface area contributed by atoms with Crippen LogP contribution >= 0.6 is 22.6 Å². The van der Waals surface area contributed by atoms with E-state index in [1.54, 1.807) is 0 Å². The number of unbranched alkanes of at least 4 members (excludes halogenated alkanes) is 4. The molecule has 0 saturated carbocycles. The quantitative estimate of drug-likeness (QED) is 0.569. The third kappa shape index (κ3) is 6.03. The van der Waals surface area contributed by atoms with Crippen molar-refractivity contribution in [1.82, 2.24) is 0 Å². The lowest BCUT2D eigenvalue weighted by Crippen LogP contribution is -2.01.